The lowest BCUT2D eigenvalue weighted by atomic mass is 10.1. The molecule has 0 saturated heterocycles. The number of Topliss-reactive ketones (excluding diaryl/α,β-unsaturated/α-hetero) is 1. The summed E-state index contributed by atoms with van der Waals surface area (Å²) in [5.74, 6) is -0.856. The van der Waals surface area contributed by atoms with E-state index in [1.807, 2.05) is 0 Å². The zero-order valence-electron chi connectivity index (χ0n) is 13.2. The highest BCUT2D eigenvalue weighted by Crippen LogP contribution is 2.11. The normalized spacial score (nSPS) is 11.5. The van der Waals surface area contributed by atoms with Crippen LogP contribution < -0.4 is 10.9 Å². The van der Waals surface area contributed by atoms with Crippen LogP contribution in [0.4, 0.5) is 0 Å². The monoisotopic (exact) mass is 333 g/mol. The van der Waals surface area contributed by atoms with Gasteiger partial charge in [0.2, 0.25) is 5.78 Å². The summed E-state index contributed by atoms with van der Waals surface area (Å²) in [7, 11) is 0. The zero-order valence-corrected chi connectivity index (χ0v) is 13.2. The summed E-state index contributed by atoms with van der Waals surface area (Å²) in [6.07, 6.45) is 1.39. The van der Waals surface area contributed by atoms with Crippen molar-refractivity contribution in [2.45, 2.75) is 6.17 Å². The van der Waals surface area contributed by atoms with Crippen LogP contribution in [0.5, 0.6) is 0 Å². The molecule has 6 nitrogen and oxygen atoms in total. The summed E-state index contributed by atoms with van der Waals surface area (Å²) in [4.78, 5) is 41.4. The third-order valence-electron chi connectivity index (χ3n) is 3.64. The molecule has 0 spiro atoms. The van der Waals surface area contributed by atoms with Crippen molar-refractivity contribution in [3.8, 4) is 0 Å². The first-order valence-electron chi connectivity index (χ1n) is 7.64. The number of ketones is 1. The minimum absolute atomic E-state index is 0.386. The molecule has 1 atom stereocenters. The summed E-state index contributed by atoms with van der Waals surface area (Å²) < 4.78 is 1.11. The molecule has 3 aromatic rings. The van der Waals surface area contributed by atoms with Gasteiger partial charge in [0.15, 0.2) is 6.17 Å². The number of rotatable bonds is 5. The molecule has 0 saturated carbocycles. The number of hydrogen-bond acceptors (Lipinski definition) is 4. The van der Waals surface area contributed by atoms with Crippen molar-refractivity contribution in [2.75, 3.05) is 0 Å². The maximum Gasteiger partial charge on any atom is 0.255 e. The fourth-order valence-corrected chi connectivity index (χ4v) is 2.37. The number of nitrogens with zero attached hydrogens (tertiary/aromatic N) is 2. The van der Waals surface area contributed by atoms with Crippen LogP contribution in [0, 0.1) is 0 Å². The molecule has 2 aromatic carbocycles. The Morgan fingerprint density at radius 3 is 2.08 bits per heavy atom. The largest absolute Gasteiger partial charge is 0.325 e. The third kappa shape index (κ3) is 3.69. The second-order valence-electron chi connectivity index (χ2n) is 5.30. The Bertz CT molecular complexity index is 937. The predicted octanol–water partition coefficient (Wildman–Crippen LogP) is 2.05. The quantitative estimate of drug-likeness (QED) is 0.725. The summed E-state index contributed by atoms with van der Waals surface area (Å²) in [5, 5.41) is 2.62. The molecular formula is C19H15N3O3. The first-order valence-corrected chi connectivity index (χ1v) is 7.64. The van der Waals surface area contributed by atoms with Gasteiger partial charge < -0.3 is 5.32 Å². The van der Waals surface area contributed by atoms with E-state index < -0.39 is 23.4 Å². The van der Waals surface area contributed by atoms with Crippen molar-refractivity contribution in [2.24, 2.45) is 0 Å². The molecule has 1 amide bonds. The first kappa shape index (κ1) is 16.3. The average molecular weight is 333 g/mol. The molecule has 0 aliphatic heterocycles. The molecule has 25 heavy (non-hydrogen) atoms. The van der Waals surface area contributed by atoms with Gasteiger partial charge in [-0.2, -0.15) is 0 Å². The molecule has 0 bridgehead atoms. The Morgan fingerprint density at radius 2 is 1.48 bits per heavy atom. The SMILES string of the molecule is O=C(N[C@@H](C(=O)c1ccccc1)n1cnccc1=O)c1ccccc1. The van der Waals surface area contributed by atoms with E-state index in [9.17, 15) is 14.4 Å². The Morgan fingerprint density at radius 1 is 0.880 bits per heavy atom. The van der Waals surface area contributed by atoms with Gasteiger partial charge in [0, 0.05) is 23.4 Å². The molecule has 6 heteroatoms. The smallest absolute Gasteiger partial charge is 0.255 e. The van der Waals surface area contributed by atoms with E-state index in [-0.39, 0.29) is 0 Å². The van der Waals surface area contributed by atoms with Gasteiger partial charge in [0.05, 0.1) is 6.33 Å². The maximum atomic E-state index is 12.9. The molecule has 0 fully saturated rings. The fourth-order valence-electron chi connectivity index (χ4n) is 2.37. The van der Waals surface area contributed by atoms with Gasteiger partial charge in [-0.3, -0.25) is 19.0 Å². The van der Waals surface area contributed by atoms with E-state index in [0.717, 1.165) is 4.57 Å². The molecule has 124 valence electrons. The van der Waals surface area contributed by atoms with Gasteiger partial charge in [0.25, 0.3) is 11.5 Å². The van der Waals surface area contributed by atoms with Crippen molar-refractivity contribution < 1.29 is 9.59 Å². The lowest BCUT2D eigenvalue weighted by Gasteiger charge is -2.19. The minimum Gasteiger partial charge on any atom is -0.325 e. The van der Waals surface area contributed by atoms with Crippen LogP contribution in [0.25, 0.3) is 0 Å². The first-order chi connectivity index (χ1) is 12.2. The summed E-state index contributed by atoms with van der Waals surface area (Å²) in [6.45, 7) is 0. The Hall–Kier alpha value is -3.54. The van der Waals surface area contributed by atoms with E-state index in [2.05, 4.69) is 10.3 Å². The van der Waals surface area contributed by atoms with Crippen molar-refractivity contribution in [3.63, 3.8) is 0 Å². The van der Waals surface area contributed by atoms with Crippen molar-refractivity contribution in [1.29, 1.82) is 0 Å². The van der Waals surface area contributed by atoms with Crippen molar-refractivity contribution in [3.05, 3.63) is 101 Å². The lowest BCUT2D eigenvalue weighted by Crippen LogP contribution is -2.42. The standard InChI is InChI=1S/C19H15N3O3/c23-16-11-12-20-13-22(16)18(17(24)14-7-3-1-4-8-14)21-19(25)15-9-5-2-6-10-15/h1-13,18H,(H,21,25)/t18-/m1/s1. The van der Waals surface area contributed by atoms with Crippen LogP contribution in [0.2, 0.25) is 0 Å². The van der Waals surface area contributed by atoms with E-state index in [0.29, 0.717) is 11.1 Å². The molecule has 1 aromatic heterocycles. The fraction of sp³-hybridized carbons (Fsp3) is 0.0526. The van der Waals surface area contributed by atoms with Crippen molar-refractivity contribution >= 4 is 11.7 Å². The Labute approximate surface area is 143 Å². The highest BCUT2D eigenvalue weighted by atomic mass is 16.2. The number of benzene rings is 2. The Kier molecular flexibility index (Phi) is 4.80. The molecule has 0 aliphatic carbocycles. The number of hydrogen-bond donors (Lipinski definition) is 1. The molecule has 0 unspecified atom stereocenters. The van der Waals surface area contributed by atoms with Gasteiger partial charge in [-0.25, -0.2) is 4.98 Å². The van der Waals surface area contributed by atoms with Crippen LogP contribution in [0.15, 0.2) is 84.0 Å². The molecular weight excluding hydrogens is 318 g/mol. The minimum atomic E-state index is -1.18. The van der Waals surface area contributed by atoms with E-state index >= 15 is 0 Å². The summed E-state index contributed by atoms with van der Waals surface area (Å²) >= 11 is 0. The van der Waals surface area contributed by atoms with Crippen LogP contribution >= 0.6 is 0 Å². The van der Waals surface area contributed by atoms with Crippen LogP contribution in [-0.4, -0.2) is 21.2 Å². The number of carbonyl (C=O) groups is 2. The average Bonchev–Trinajstić information content (AvgIpc) is 2.67. The van der Waals surface area contributed by atoms with Gasteiger partial charge in [-0.1, -0.05) is 48.5 Å². The van der Waals surface area contributed by atoms with Gasteiger partial charge in [-0.05, 0) is 12.1 Å². The second kappa shape index (κ2) is 7.35. The van der Waals surface area contributed by atoms with E-state index in [1.54, 1.807) is 60.7 Å². The molecule has 3 rings (SSSR count). The highest BCUT2D eigenvalue weighted by Gasteiger charge is 2.25. The lowest BCUT2D eigenvalue weighted by molar-refractivity contribution is 0.0812. The van der Waals surface area contributed by atoms with Crippen molar-refractivity contribution in [1.82, 2.24) is 14.9 Å². The van der Waals surface area contributed by atoms with Crippen LogP contribution in [-0.2, 0) is 0 Å². The molecule has 1 N–H and O–H groups in total. The van der Waals surface area contributed by atoms with E-state index in [1.165, 1.54) is 18.6 Å². The summed E-state index contributed by atoms with van der Waals surface area (Å²) in [6, 6.07) is 18.2. The Balaban J connectivity index is 1.98. The number of carbonyl (C=O) groups excluding carboxylic acids is 2. The zero-order chi connectivity index (χ0) is 17.6. The second-order valence-corrected chi connectivity index (χ2v) is 5.30. The predicted molar refractivity (Wildman–Crippen MR) is 92.2 cm³/mol. The van der Waals surface area contributed by atoms with Crippen LogP contribution in [0.3, 0.4) is 0 Å². The number of nitrogens with one attached hydrogen (secondary N) is 1. The van der Waals surface area contributed by atoms with Gasteiger partial charge >= 0.3 is 0 Å². The van der Waals surface area contributed by atoms with E-state index in [4.69, 9.17) is 0 Å². The molecule has 1 heterocycles. The molecule has 0 radical (unpaired) electrons. The molecule has 0 aliphatic rings. The topological polar surface area (TPSA) is 81.1 Å². The van der Waals surface area contributed by atoms with Crippen LogP contribution in [0.1, 0.15) is 26.9 Å². The van der Waals surface area contributed by atoms with Gasteiger partial charge in [-0.15, -0.1) is 0 Å². The highest BCUT2D eigenvalue weighted by molar-refractivity contribution is 6.03. The summed E-state index contributed by atoms with van der Waals surface area (Å²) in [5.41, 5.74) is 0.347. The van der Waals surface area contributed by atoms with Gasteiger partial charge in [0.1, 0.15) is 0 Å². The number of amides is 1. The maximum absolute atomic E-state index is 12.9. The number of aromatic nitrogens is 2. The third-order valence-corrected chi connectivity index (χ3v) is 3.64.